The minimum absolute atomic E-state index is 0.0683. The number of morpholine rings is 1. The van der Waals surface area contributed by atoms with Crippen LogP contribution in [0.2, 0.25) is 0 Å². The lowest BCUT2D eigenvalue weighted by molar-refractivity contribution is -0.165. The number of hydrogen-bond donors (Lipinski definition) is 1. The standard InChI is InChI=1S/C18H20N4O3S/c1-11-21-13(10-26-11)8-20-18(24)17-16(12-3-2-6-19-7-12)22(14-4-5-14)15(23)9-25-17/h2-3,6-7,10,14,16-17H,4-5,8-9H2,1H3,(H,20,24)/t16-,17+/m1/s1. The van der Waals surface area contributed by atoms with Crippen molar-refractivity contribution in [3.63, 3.8) is 0 Å². The van der Waals surface area contributed by atoms with Crippen LogP contribution in [0.25, 0.3) is 0 Å². The molecule has 1 aliphatic carbocycles. The van der Waals surface area contributed by atoms with E-state index < -0.39 is 12.1 Å². The SMILES string of the molecule is Cc1nc(CNC(=O)[C@H]2OCC(=O)N(C3CC3)[C@@H]2c2cccnc2)cs1. The summed E-state index contributed by atoms with van der Waals surface area (Å²) < 4.78 is 5.67. The molecule has 1 saturated heterocycles. The third kappa shape index (κ3) is 3.47. The van der Waals surface area contributed by atoms with Crippen LogP contribution >= 0.6 is 11.3 Å². The van der Waals surface area contributed by atoms with Crippen LogP contribution in [-0.4, -0.2) is 45.4 Å². The Balaban J connectivity index is 1.55. The molecule has 4 rings (SSSR count). The smallest absolute Gasteiger partial charge is 0.252 e. The van der Waals surface area contributed by atoms with Crippen molar-refractivity contribution >= 4 is 23.2 Å². The summed E-state index contributed by atoms with van der Waals surface area (Å²) in [5, 5.41) is 5.78. The molecule has 2 fully saturated rings. The van der Waals surface area contributed by atoms with Gasteiger partial charge in [-0.3, -0.25) is 14.6 Å². The van der Waals surface area contributed by atoms with Gasteiger partial charge in [0.25, 0.3) is 5.91 Å². The lowest BCUT2D eigenvalue weighted by Crippen LogP contribution is -2.55. The van der Waals surface area contributed by atoms with E-state index in [1.165, 1.54) is 0 Å². The number of carbonyl (C=O) groups excluding carboxylic acids is 2. The van der Waals surface area contributed by atoms with Crippen molar-refractivity contribution in [1.82, 2.24) is 20.2 Å². The fraction of sp³-hybridized carbons (Fsp3) is 0.444. The summed E-state index contributed by atoms with van der Waals surface area (Å²) in [6.45, 7) is 2.21. The summed E-state index contributed by atoms with van der Waals surface area (Å²) in [6, 6.07) is 3.44. The third-order valence-corrected chi connectivity index (χ3v) is 5.42. The van der Waals surface area contributed by atoms with Gasteiger partial charge in [-0.05, 0) is 31.4 Å². The molecule has 1 N–H and O–H groups in total. The number of hydrogen-bond acceptors (Lipinski definition) is 6. The first kappa shape index (κ1) is 17.1. The van der Waals surface area contributed by atoms with Gasteiger partial charge in [-0.2, -0.15) is 0 Å². The number of aromatic nitrogens is 2. The topological polar surface area (TPSA) is 84.4 Å². The van der Waals surface area contributed by atoms with E-state index >= 15 is 0 Å². The molecule has 1 aliphatic heterocycles. The van der Waals surface area contributed by atoms with Crippen molar-refractivity contribution in [2.45, 2.75) is 44.5 Å². The maximum atomic E-state index is 12.8. The van der Waals surface area contributed by atoms with E-state index in [4.69, 9.17) is 4.74 Å². The van der Waals surface area contributed by atoms with E-state index in [2.05, 4.69) is 15.3 Å². The Kier molecular flexibility index (Phi) is 4.69. The van der Waals surface area contributed by atoms with E-state index in [9.17, 15) is 9.59 Å². The Morgan fingerprint density at radius 1 is 1.46 bits per heavy atom. The minimum Gasteiger partial charge on any atom is -0.356 e. The van der Waals surface area contributed by atoms with E-state index in [1.807, 2.05) is 29.3 Å². The monoisotopic (exact) mass is 372 g/mol. The number of ether oxygens (including phenoxy) is 1. The largest absolute Gasteiger partial charge is 0.356 e. The summed E-state index contributed by atoms with van der Waals surface area (Å²) in [5.41, 5.74) is 1.64. The van der Waals surface area contributed by atoms with Gasteiger partial charge in [0, 0.05) is 23.8 Å². The first-order valence-corrected chi connectivity index (χ1v) is 9.53. The van der Waals surface area contributed by atoms with Crippen molar-refractivity contribution in [2.24, 2.45) is 0 Å². The first-order valence-electron chi connectivity index (χ1n) is 8.65. The highest BCUT2D eigenvalue weighted by Crippen LogP contribution is 2.39. The molecule has 7 nitrogen and oxygen atoms in total. The Bertz CT molecular complexity index is 806. The summed E-state index contributed by atoms with van der Waals surface area (Å²) in [5.74, 6) is -0.303. The number of amides is 2. The Labute approximate surface area is 155 Å². The lowest BCUT2D eigenvalue weighted by Gasteiger charge is -2.40. The van der Waals surface area contributed by atoms with Crippen molar-refractivity contribution < 1.29 is 14.3 Å². The molecule has 2 amide bonds. The molecule has 2 aromatic rings. The number of nitrogens with zero attached hydrogens (tertiary/aromatic N) is 3. The summed E-state index contributed by atoms with van der Waals surface area (Å²) in [7, 11) is 0. The third-order valence-electron chi connectivity index (χ3n) is 4.60. The van der Waals surface area contributed by atoms with Crippen LogP contribution in [0.5, 0.6) is 0 Å². The highest BCUT2D eigenvalue weighted by Gasteiger charge is 2.47. The van der Waals surface area contributed by atoms with Gasteiger partial charge in [0.2, 0.25) is 5.91 Å². The van der Waals surface area contributed by atoms with Crippen LogP contribution < -0.4 is 5.32 Å². The molecule has 0 radical (unpaired) electrons. The second-order valence-electron chi connectivity index (χ2n) is 6.57. The van der Waals surface area contributed by atoms with E-state index in [1.54, 1.807) is 23.7 Å². The fourth-order valence-electron chi connectivity index (χ4n) is 3.28. The Hall–Kier alpha value is -2.32. The maximum Gasteiger partial charge on any atom is 0.252 e. The van der Waals surface area contributed by atoms with Crippen molar-refractivity contribution in [3.05, 3.63) is 46.2 Å². The number of pyridine rings is 1. The van der Waals surface area contributed by atoms with Crippen LogP contribution in [0, 0.1) is 6.92 Å². The molecule has 0 spiro atoms. The Morgan fingerprint density at radius 2 is 2.31 bits per heavy atom. The van der Waals surface area contributed by atoms with Crippen molar-refractivity contribution in [2.75, 3.05) is 6.61 Å². The van der Waals surface area contributed by atoms with Crippen molar-refractivity contribution in [3.8, 4) is 0 Å². The molecule has 136 valence electrons. The fourth-order valence-corrected chi connectivity index (χ4v) is 3.90. The van der Waals surface area contributed by atoms with Gasteiger partial charge in [-0.1, -0.05) is 6.07 Å². The van der Waals surface area contributed by atoms with E-state index in [0.717, 1.165) is 29.1 Å². The molecule has 8 heteroatoms. The number of carbonyl (C=O) groups is 2. The van der Waals surface area contributed by atoms with Crippen molar-refractivity contribution in [1.29, 1.82) is 0 Å². The average Bonchev–Trinajstić information content (AvgIpc) is 3.41. The number of aryl methyl sites for hydroxylation is 1. The van der Waals surface area contributed by atoms with Gasteiger partial charge in [0.15, 0.2) is 6.10 Å². The van der Waals surface area contributed by atoms with E-state index in [-0.39, 0.29) is 24.5 Å². The molecule has 0 aromatic carbocycles. The van der Waals surface area contributed by atoms with Gasteiger partial charge in [0.05, 0.1) is 23.3 Å². The van der Waals surface area contributed by atoms with Crippen LogP contribution in [0.15, 0.2) is 29.9 Å². The first-order chi connectivity index (χ1) is 12.6. The predicted octanol–water partition coefficient (Wildman–Crippen LogP) is 1.59. The van der Waals surface area contributed by atoms with E-state index in [0.29, 0.717) is 6.54 Å². The summed E-state index contributed by atoms with van der Waals surface area (Å²) >= 11 is 1.55. The molecular weight excluding hydrogens is 352 g/mol. The van der Waals surface area contributed by atoms with Gasteiger partial charge in [-0.15, -0.1) is 11.3 Å². The molecular formula is C18H20N4O3S. The zero-order valence-electron chi connectivity index (χ0n) is 14.4. The average molecular weight is 372 g/mol. The maximum absolute atomic E-state index is 12.8. The van der Waals surface area contributed by atoms with Crippen LogP contribution in [-0.2, 0) is 20.9 Å². The second-order valence-corrected chi connectivity index (χ2v) is 7.63. The number of nitrogens with one attached hydrogen (secondary N) is 1. The second kappa shape index (κ2) is 7.13. The normalized spacial score (nSPS) is 23.1. The molecule has 1 saturated carbocycles. The van der Waals surface area contributed by atoms with Gasteiger partial charge in [0.1, 0.15) is 6.61 Å². The summed E-state index contributed by atoms with van der Waals surface area (Å²) in [4.78, 5) is 35.6. The van der Waals surface area contributed by atoms with Crippen LogP contribution in [0.3, 0.4) is 0 Å². The van der Waals surface area contributed by atoms with Gasteiger partial charge >= 0.3 is 0 Å². The van der Waals surface area contributed by atoms with Crippen LogP contribution in [0.4, 0.5) is 0 Å². The molecule has 3 heterocycles. The minimum atomic E-state index is -0.753. The molecule has 2 aromatic heterocycles. The van der Waals surface area contributed by atoms with Gasteiger partial charge < -0.3 is 15.0 Å². The number of rotatable bonds is 5. The molecule has 0 bridgehead atoms. The van der Waals surface area contributed by atoms with Gasteiger partial charge in [-0.25, -0.2) is 4.98 Å². The zero-order valence-corrected chi connectivity index (χ0v) is 15.2. The Morgan fingerprint density at radius 3 is 2.96 bits per heavy atom. The van der Waals surface area contributed by atoms with Crippen LogP contribution in [0.1, 0.15) is 35.1 Å². The lowest BCUT2D eigenvalue weighted by atomic mass is 9.98. The molecule has 0 unspecified atom stereocenters. The molecule has 26 heavy (non-hydrogen) atoms. The predicted molar refractivity (Wildman–Crippen MR) is 95.3 cm³/mol. The quantitative estimate of drug-likeness (QED) is 0.862. The highest BCUT2D eigenvalue weighted by atomic mass is 32.1. The zero-order chi connectivity index (χ0) is 18.1. The molecule has 2 atom stereocenters. The molecule has 2 aliphatic rings. The highest BCUT2D eigenvalue weighted by molar-refractivity contribution is 7.09. The number of thiazole rings is 1. The summed E-state index contributed by atoms with van der Waals surface area (Å²) in [6.07, 6.45) is 4.56.